The molecule has 2 aromatic rings. The standard InChI is InChI=1S/C16H15Br2FO2/c1-3-21-14-7-5-4-6-10(14)16(18)11-8-12(17)13(19)9-15(11)20-2/h4-9,16H,3H2,1-2H3. The maximum atomic E-state index is 13.6. The monoisotopic (exact) mass is 416 g/mol. The Hall–Kier alpha value is -1.07. The van der Waals surface area contributed by atoms with E-state index in [1.807, 2.05) is 31.2 Å². The summed E-state index contributed by atoms with van der Waals surface area (Å²) in [5.74, 6) is 0.932. The summed E-state index contributed by atoms with van der Waals surface area (Å²) in [5.41, 5.74) is 1.80. The number of alkyl halides is 1. The van der Waals surface area contributed by atoms with Crippen LogP contribution in [0.1, 0.15) is 22.9 Å². The van der Waals surface area contributed by atoms with Gasteiger partial charge in [-0.25, -0.2) is 4.39 Å². The molecule has 0 aliphatic heterocycles. The summed E-state index contributed by atoms with van der Waals surface area (Å²) in [4.78, 5) is -0.160. The molecule has 1 unspecified atom stereocenters. The zero-order chi connectivity index (χ0) is 15.4. The number of halogens is 3. The van der Waals surface area contributed by atoms with Crippen LogP contribution in [0.25, 0.3) is 0 Å². The van der Waals surface area contributed by atoms with Crippen LogP contribution in [0.3, 0.4) is 0 Å². The average Bonchev–Trinajstić information content (AvgIpc) is 2.49. The molecule has 112 valence electrons. The summed E-state index contributed by atoms with van der Waals surface area (Å²) in [6.45, 7) is 2.52. The van der Waals surface area contributed by atoms with Crippen molar-refractivity contribution in [2.75, 3.05) is 13.7 Å². The molecule has 0 aliphatic carbocycles. The number of para-hydroxylation sites is 1. The molecule has 0 aromatic heterocycles. The molecule has 2 aromatic carbocycles. The molecule has 0 saturated heterocycles. The topological polar surface area (TPSA) is 18.5 Å². The van der Waals surface area contributed by atoms with Gasteiger partial charge in [-0.3, -0.25) is 0 Å². The molecule has 0 amide bonds. The van der Waals surface area contributed by atoms with Crippen LogP contribution in [0.4, 0.5) is 4.39 Å². The minimum Gasteiger partial charge on any atom is -0.496 e. The van der Waals surface area contributed by atoms with E-state index in [0.717, 1.165) is 16.9 Å². The van der Waals surface area contributed by atoms with Gasteiger partial charge in [-0.05, 0) is 35.0 Å². The van der Waals surface area contributed by atoms with Gasteiger partial charge in [-0.1, -0.05) is 34.1 Å². The first-order chi connectivity index (χ1) is 10.1. The molecule has 0 spiro atoms. The van der Waals surface area contributed by atoms with Crippen molar-refractivity contribution in [2.24, 2.45) is 0 Å². The molecule has 0 fully saturated rings. The van der Waals surface area contributed by atoms with E-state index in [0.29, 0.717) is 16.8 Å². The van der Waals surface area contributed by atoms with E-state index in [-0.39, 0.29) is 10.6 Å². The highest BCUT2D eigenvalue weighted by Crippen LogP contribution is 2.42. The molecule has 21 heavy (non-hydrogen) atoms. The van der Waals surface area contributed by atoms with Crippen LogP contribution >= 0.6 is 31.9 Å². The first-order valence-electron chi connectivity index (χ1n) is 6.47. The number of hydrogen-bond donors (Lipinski definition) is 0. The van der Waals surface area contributed by atoms with Crippen LogP contribution in [0.2, 0.25) is 0 Å². The van der Waals surface area contributed by atoms with Gasteiger partial charge in [0.15, 0.2) is 0 Å². The zero-order valence-corrected chi connectivity index (χ0v) is 14.9. The number of hydrogen-bond acceptors (Lipinski definition) is 2. The van der Waals surface area contributed by atoms with Crippen LogP contribution in [0, 0.1) is 5.82 Å². The Bertz CT molecular complexity index is 632. The second-order valence-corrected chi connectivity index (χ2v) is 6.11. The van der Waals surface area contributed by atoms with Gasteiger partial charge in [0.25, 0.3) is 0 Å². The second kappa shape index (κ2) is 7.27. The Labute approximate surface area is 140 Å². The summed E-state index contributed by atoms with van der Waals surface area (Å²) in [6.07, 6.45) is 0. The predicted molar refractivity (Wildman–Crippen MR) is 89.0 cm³/mol. The van der Waals surface area contributed by atoms with E-state index in [1.54, 1.807) is 6.07 Å². The fourth-order valence-corrected chi connectivity index (χ4v) is 3.16. The van der Waals surface area contributed by atoms with E-state index >= 15 is 0 Å². The van der Waals surface area contributed by atoms with E-state index in [4.69, 9.17) is 9.47 Å². The van der Waals surface area contributed by atoms with E-state index in [1.165, 1.54) is 13.2 Å². The molecular formula is C16H15Br2FO2. The lowest BCUT2D eigenvalue weighted by Gasteiger charge is -2.18. The van der Waals surface area contributed by atoms with E-state index < -0.39 is 0 Å². The third-order valence-electron chi connectivity index (χ3n) is 3.04. The molecule has 0 N–H and O–H groups in total. The molecule has 0 heterocycles. The lowest BCUT2D eigenvalue weighted by molar-refractivity contribution is 0.337. The highest BCUT2D eigenvalue weighted by atomic mass is 79.9. The number of methoxy groups -OCH3 is 1. The first kappa shape index (κ1) is 16.3. The van der Waals surface area contributed by atoms with Gasteiger partial charge in [0, 0.05) is 17.2 Å². The summed E-state index contributed by atoms with van der Waals surface area (Å²) in [5, 5.41) is 0. The molecular weight excluding hydrogens is 403 g/mol. The SMILES string of the molecule is CCOc1ccccc1C(Br)c1cc(Br)c(F)cc1OC. The molecule has 2 nitrogen and oxygen atoms in total. The third-order valence-corrected chi connectivity index (χ3v) is 4.63. The summed E-state index contributed by atoms with van der Waals surface area (Å²) in [6, 6.07) is 10.8. The Morgan fingerprint density at radius 2 is 1.86 bits per heavy atom. The Morgan fingerprint density at radius 1 is 1.14 bits per heavy atom. The van der Waals surface area contributed by atoms with Crippen molar-refractivity contribution in [3.8, 4) is 11.5 Å². The Morgan fingerprint density at radius 3 is 2.52 bits per heavy atom. The highest BCUT2D eigenvalue weighted by molar-refractivity contribution is 9.10. The maximum Gasteiger partial charge on any atom is 0.141 e. The number of benzene rings is 2. The quantitative estimate of drug-likeness (QED) is 0.599. The van der Waals surface area contributed by atoms with Gasteiger partial charge in [-0.15, -0.1) is 0 Å². The molecule has 0 bridgehead atoms. The van der Waals surface area contributed by atoms with Crippen molar-refractivity contribution in [3.05, 3.63) is 57.8 Å². The van der Waals surface area contributed by atoms with Crippen molar-refractivity contribution < 1.29 is 13.9 Å². The zero-order valence-electron chi connectivity index (χ0n) is 11.7. The van der Waals surface area contributed by atoms with Crippen molar-refractivity contribution in [3.63, 3.8) is 0 Å². The van der Waals surface area contributed by atoms with E-state index in [2.05, 4.69) is 31.9 Å². The Kier molecular flexibility index (Phi) is 5.65. The van der Waals surface area contributed by atoms with Crippen molar-refractivity contribution in [2.45, 2.75) is 11.8 Å². The lowest BCUT2D eigenvalue weighted by Crippen LogP contribution is -2.02. The van der Waals surface area contributed by atoms with Gasteiger partial charge in [0.1, 0.15) is 17.3 Å². The summed E-state index contributed by atoms with van der Waals surface area (Å²) < 4.78 is 25.0. The van der Waals surface area contributed by atoms with Crippen LogP contribution < -0.4 is 9.47 Å². The second-order valence-electron chi connectivity index (χ2n) is 4.34. The third kappa shape index (κ3) is 3.58. The fourth-order valence-electron chi connectivity index (χ4n) is 2.06. The predicted octanol–water partition coefficient (Wildman–Crippen LogP) is 5.48. The fraction of sp³-hybridized carbons (Fsp3) is 0.250. The minimum atomic E-state index is -0.353. The van der Waals surface area contributed by atoms with Gasteiger partial charge >= 0.3 is 0 Å². The molecule has 0 radical (unpaired) electrons. The number of rotatable bonds is 5. The van der Waals surface area contributed by atoms with Gasteiger partial charge < -0.3 is 9.47 Å². The average molecular weight is 418 g/mol. The summed E-state index contributed by atoms with van der Waals surface area (Å²) >= 11 is 6.88. The van der Waals surface area contributed by atoms with Crippen LogP contribution in [0.5, 0.6) is 11.5 Å². The molecule has 1 atom stereocenters. The maximum absolute atomic E-state index is 13.6. The molecule has 5 heteroatoms. The number of ether oxygens (including phenoxy) is 2. The van der Waals surface area contributed by atoms with E-state index in [9.17, 15) is 4.39 Å². The van der Waals surface area contributed by atoms with Crippen LogP contribution in [-0.2, 0) is 0 Å². The normalized spacial score (nSPS) is 12.0. The van der Waals surface area contributed by atoms with Crippen molar-refractivity contribution >= 4 is 31.9 Å². The molecule has 2 rings (SSSR count). The lowest BCUT2D eigenvalue weighted by atomic mass is 10.0. The largest absolute Gasteiger partial charge is 0.496 e. The summed E-state index contributed by atoms with van der Waals surface area (Å²) in [7, 11) is 1.53. The van der Waals surface area contributed by atoms with Gasteiger partial charge in [0.2, 0.25) is 0 Å². The smallest absolute Gasteiger partial charge is 0.141 e. The Balaban J connectivity index is 2.49. The molecule has 0 saturated carbocycles. The van der Waals surface area contributed by atoms with Crippen LogP contribution in [-0.4, -0.2) is 13.7 Å². The van der Waals surface area contributed by atoms with Crippen LogP contribution in [0.15, 0.2) is 40.9 Å². The van der Waals surface area contributed by atoms with Gasteiger partial charge in [0.05, 0.1) is 23.0 Å². The minimum absolute atomic E-state index is 0.160. The van der Waals surface area contributed by atoms with Crippen molar-refractivity contribution in [1.29, 1.82) is 0 Å². The molecule has 0 aliphatic rings. The van der Waals surface area contributed by atoms with Gasteiger partial charge in [-0.2, -0.15) is 0 Å². The van der Waals surface area contributed by atoms with Crippen molar-refractivity contribution in [1.82, 2.24) is 0 Å². The first-order valence-corrected chi connectivity index (χ1v) is 8.18. The highest BCUT2D eigenvalue weighted by Gasteiger charge is 2.20.